The summed E-state index contributed by atoms with van der Waals surface area (Å²) in [6.07, 6.45) is 0. The SMILES string of the molecule is CNC(=O)n1c(Oc2cc(=O)n(C)c(Nc3ccc(I)cc3F)c2C(N)=O)cc2ccccc21. The summed E-state index contributed by atoms with van der Waals surface area (Å²) in [7, 11) is 2.87. The number of carbonyl (C=O) groups excluding carboxylic acids is 2. The Morgan fingerprint density at radius 2 is 1.85 bits per heavy atom. The van der Waals surface area contributed by atoms with Gasteiger partial charge in [-0.25, -0.2) is 13.8 Å². The number of ether oxygens (including phenoxy) is 1. The van der Waals surface area contributed by atoms with Crippen molar-refractivity contribution < 1.29 is 18.7 Å². The Labute approximate surface area is 206 Å². The molecule has 0 aliphatic rings. The number of primary amides is 1. The maximum absolute atomic E-state index is 14.5. The molecule has 0 spiro atoms. The number of benzene rings is 2. The van der Waals surface area contributed by atoms with E-state index < -0.39 is 23.3 Å². The molecule has 0 bridgehead atoms. The third-order valence-electron chi connectivity index (χ3n) is 5.14. The summed E-state index contributed by atoms with van der Waals surface area (Å²) in [5, 5.41) is 6.01. The van der Waals surface area contributed by atoms with Crippen LogP contribution in [0.25, 0.3) is 10.9 Å². The first-order chi connectivity index (χ1) is 16.2. The molecule has 0 radical (unpaired) electrons. The van der Waals surface area contributed by atoms with E-state index in [9.17, 15) is 18.8 Å². The maximum atomic E-state index is 14.5. The second-order valence-electron chi connectivity index (χ2n) is 7.28. The number of amides is 2. The lowest BCUT2D eigenvalue weighted by Gasteiger charge is -2.18. The number of nitrogens with two attached hydrogens (primary N) is 1. The van der Waals surface area contributed by atoms with E-state index in [2.05, 4.69) is 10.6 Å². The lowest BCUT2D eigenvalue weighted by atomic mass is 10.2. The molecule has 0 aliphatic heterocycles. The number of nitrogens with zero attached hydrogens (tertiary/aromatic N) is 2. The molecule has 4 rings (SSSR count). The van der Waals surface area contributed by atoms with Crippen molar-refractivity contribution in [2.75, 3.05) is 12.4 Å². The monoisotopic (exact) mass is 575 g/mol. The predicted molar refractivity (Wildman–Crippen MR) is 134 cm³/mol. The number of fused-ring (bicyclic) bond motifs is 1. The third kappa shape index (κ3) is 4.21. The van der Waals surface area contributed by atoms with E-state index in [-0.39, 0.29) is 28.7 Å². The molecule has 0 saturated heterocycles. The lowest BCUT2D eigenvalue weighted by Crippen LogP contribution is -2.27. The highest BCUT2D eigenvalue weighted by atomic mass is 127. The molecule has 4 aromatic rings. The highest BCUT2D eigenvalue weighted by Gasteiger charge is 2.24. The number of pyridine rings is 1. The number of anilines is 2. The van der Waals surface area contributed by atoms with Gasteiger partial charge in [0.1, 0.15) is 17.2 Å². The minimum Gasteiger partial charge on any atom is -0.439 e. The van der Waals surface area contributed by atoms with Gasteiger partial charge in [0.25, 0.3) is 11.5 Å². The van der Waals surface area contributed by atoms with Gasteiger partial charge in [-0.3, -0.25) is 14.2 Å². The Balaban J connectivity index is 1.89. The Kier molecular flexibility index (Phi) is 6.28. The smallest absolute Gasteiger partial charge is 0.328 e. The fraction of sp³-hybridized carbons (Fsp3) is 0.0870. The van der Waals surface area contributed by atoms with Gasteiger partial charge in [-0.1, -0.05) is 18.2 Å². The number of nitrogens with one attached hydrogen (secondary N) is 2. The fourth-order valence-electron chi connectivity index (χ4n) is 3.50. The number of para-hydroxylation sites is 1. The molecule has 0 aliphatic carbocycles. The molecule has 4 N–H and O–H groups in total. The van der Waals surface area contributed by atoms with E-state index in [0.717, 1.165) is 10.6 Å². The van der Waals surface area contributed by atoms with E-state index in [1.165, 1.54) is 30.8 Å². The number of rotatable bonds is 5. The van der Waals surface area contributed by atoms with E-state index in [0.29, 0.717) is 14.5 Å². The summed E-state index contributed by atoms with van der Waals surface area (Å²) in [6.45, 7) is 0. The molecule has 2 aromatic heterocycles. The van der Waals surface area contributed by atoms with Gasteiger partial charge in [-0.2, -0.15) is 0 Å². The topological polar surface area (TPSA) is 120 Å². The van der Waals surface area contributed by atoms with Gasteiger partial charge in [-0.15, -0.1) is 0 Å². The van der Waals surface area contributed by atoms with Crippen molar-refractivity contribution in [3.8, 4) is 11.6 Å². The zero-order chi connectivity index (χ0) is 24.6. The van der Waals surface area contributed by atoms with Crippen LogP contribution in [0.2, 0.25) is 0 Å². The van der Waals surface area contributed by atoms with Gasteiger partial charge < -0.3 is 21.1 Å². The average Bonchev–Trinajstić information content (AvgIpc) is 3.15. The lowest BCUT2D eigenvalue weighted by molar-refractivity contribution is 0.0998. The van der Waals surface area contributed by atoms with Gasteiger partial charge in [0.05, 0.1) is 11.2 Å². The Morgan fingerprint density at radius 1 is 1.12 bits per heavy atom. The number of hydrogen-bond acceptors (Lipinski definition) is 5. The molecule has 2 amide bonds. The molecular formula is C23H19FIN5O4. The van der Waals surface area contributed by atoms with Crippen LogP contribution < -0.4 is 26.7 Å². The molecule has 2 heterocycles. The van der Waals surface area contributed by atoms with Crippen LogP contribution in [0, 0.1) is 9.39 Å². The van der Waals surface area contributed by atoms with Crippen LogP contribution in [0.15, 0.2) is 59.4 Å². The van der Waals surface area contributed by atoms with Gasteiger partial charge in [0.15, 0.2) is 5.75 Å². The summed E-state index contributed by atoms with van der Waals surface area (Å²) >= 11 is 1.97. The van der Waals surface area contributed by atoms with Crippen LogP contribution in [0.5, 0.6) is 11.6 Å². The minimum absolute atomic E-state index is 0.0366. The number of carbonyl (C=O) groups is 2. The molecular weight excluding hydrogens is 556 g/mol. The van der Waals surface area contributed by atoms with E-state index >= 15 is 0 Å². The molecule has 174 valence electrons. The number of aromatic nitrogens is 2. The number of hydrogen-bond donors (Lipinski definition) is 3. The Hall–Kier alpha value is -3.87. The molecule has 11 heteroatoms. The van der Waals surface area contributed by atoms with Gasteiger partial charge in [0.2, 0.25) is 5.88 Å². The van der Waals surface area contributed by atoms with E-state index in [1.807, 2.05) is 22.6 Å². The largest absolute Gasteiger partial charge is 0.439 e. The second-order valence-corrected chi connectivity index (χ2v) is 8.52. The molecule has 0 fully saturated rings. The summed E-state index contributed by atoms with van der Waals surface area (Å²) in [5.74, 6) is -1.68. The third-order valence-corrected chi connectivity index (χ3v) is 5.81. The Morgan fingerprint density at radius 3 is 2.53 bits per heavy atom. The van der Waals surface area contributed by atoms with Crippen molar-refractivity contribution >= 4 is 56.9 Å². The summed E-state index contributed by atoms with van der Waals surface area (Å²) in [5.41, 5.74) is 5.51. The van der Waals surface area contributed by atoms with Crippen LogP contribution >= 0.6 is 22.6 Å². The molecule has 34 heavy (non-hydrogen) atoms. The van der Waals surface area contributed by atoms with Crippen molar-refractivity contribution in [2.24, 2.45) is 12.8 Å². The summed E-state index contributed by atoms with van der Waals surface area (Å²) in [6, 6.07) is 13.7. The van der Waals surface area contributed by atoms with Crippen LogP contribution in [0.1, 0.15) is 10.4 Å². The predicted octanol–water partition coefficient (Wildman–Crippen LogP) is 3.91. The van der Waals surface area contributed by atoms with Crippen LogP contribution in [0.3, 0.4) is 0 Å². The number of halogens is 2. The van der Waals surface area contributed by atoms with Crippen molar-refractivity contribution in [1.29, 1.82) is 0 Å². The standard InChI is InChI=1S/C23H19FIN5O4/c1-27-23(33)30-16-6-4-3-5-12(16)9-19(30)34-17-11-18(31)29(2)22(20(17)21(26)32)28-15-8-7-13(25)10-14(15)24/h3-11,28H,1-2H3,(H2,26,32)(H,27,33). The minimum atomic E-state index is -0.915. The highest BCUT2D eigenvalue weighted by molar-refractivity contribution is 14.1. The highest BCUT2D eigenvalue weighted by Crippen LogP contribution is 2.34. The van der Waals surface area contributed by atoms with Crippen molar-refractivity contribution in [3.63, 3.8) is 0 Å². The maximum Gasteiger partial charge on any atom is 0.328 e. The van der Waals surface area contributed by atoms with Gasteiger partial charge >= 0.3 is 6.03 Å². The quantitative estimate of drug-likeness (QED) is 0.312. The average molecular weight is 575 g/mol. The fourth-order valence-corrected chi connectivity index (χ4v) is 3.95. The van der Waals surface area contributed by atoms with Crippen LogP contribution in [-0.2, 0) is 7.05 Å². The van der Waals surface area contributed by atoms with Crippen LogP contribution in [0.4, 0.5) is 20.7 Å². The van der Waals surface area contributed by atoms with Gasteiger partial charge in [0, 0.05) is 35.2 Å². The zero-order valence-electron chi connectivity index (χ0n) is 18.1. The van der Waals surface area contributed by atoms with E-state index in [1.54, 1.807) is 36.4 Å². The van der Waals surface area contributed by atoms with Crippen molar-refractivity contribution in [3.05, 3.63) is 79.9 Å². The first kappa shape index (κ1) is 23.3. The van der Waals surface area contributed by atoms with Crippen LogP contribution in [-0.4, -0.2) is 28.1 Å². The summed E-state index contributed by atoms with van der Waals surface area (Å²) in [4.78, 5) is 37.8. The molecule has 0 unspecified atom stereocenters. The first-order valence-electron chi connectivity index (χ1n) is 9.97. The van der Waals surface area contributed by atoms with Gasteiger partial charge in [-0.05, 0) is 46.9 Å². The van der Waals surface area contributed by atoms with Crippen molar-refractivity contribution in [1.82, 2.24) is 14.5 Å². The molecule has 0 saturated carbocycles. The normalized spacial score (nSPS) is 10.8. The Bertz CT molecular complexity index is 1510. The van der Waals surface area contributed by atoms with Crippen molar-refractivity contribution in [2.45, 2.75) is 0 Å². The first-order valence-corrected chi connectivity index (χ1v) is 11.1. The molecule has 2 aromatic carbocycles. The molecule has 9 nitrogen and oxygen atoms in total. The molecule has 0 atom stereocenters. The second kappa shape index (κ2) is 9.17. The van der Waals surface area contributed by atoms with E-state index in [4.69, 9.17) is 10.5 Å². The zero-order valence-corrected chi connectivity index (χ0v) is 20.2. The summed E-state index contributed by atoms with van der Waals surface area (Å²) < 4.78 is 23.5.